The van der Waals surface area contributed by atoms with Gasteiger partial charge < -0.3 is 10.2 Å². The quantitative estimate of drug-likeness (QED) is 0.544. The largest absolute Gasteiger partial charge is 0.352 e. The SMILES string of the molecule is CC[C@@H](C)NC(=O)[C@H](C)N(Cc1ccccc1Cl)C(=O)CSCc1ccccc1C. The first-order chi connectivity index (χ1) is 14.3. The molecule has 2 aromatic rings. The number of carbonyl (C=O) groups excluding carboxylic acids is 2. The lowest BCUT2D eigenvalue weighted by Crippen LogP contribution is -2.50. The molecule has 0 saturated carbocycles. The van der Waals surface area contributed by atoms with E-state index in [0.29, 0.717) is 17.3 Å². The van der Waals surface area contributed by atoms with Crippen LogP contribution in [0.4, 0.5) is 0 Å². The molecule has 0 spiro atoms. The zero-order chi connectivity index (χ0) is 22.1. The molecule has 0 aliphatic carbocycles. The van der Waals surface area contributed by atoms with Crippen molar-refractivity contribution in [3.05, 3.63) is 70.2 Å². The van der Waals surface area contributed by atoms with E-state index in [2.05, 4.69) is 24.4 Å². The van der Waals surface area contributed by atoms with Gasteiger partial charge >= 0.3 is 0 Å². The van der Waals surface area contributed by atoms with Crippen LogP contribution in [0.25, 0.3) is 0 Å². The Bertz CT molecular complexity index is 859. The van der Waals surface area contributed by atoms with Gasteiger partial charge in [-0.3, -0.25) is 9.59 Å². The van der Waals surface area contributed by atoms with Gasteiger partial charge in [-0.25, -0.2) is 0 Å². The fourth-order valence-corrected chi connectivity index (χ4v) is 4.14. The van der Waals surface area contributed by atoms with Gasteiger partial charge in [0, 0.05) is 23.4 Å². The van der Waals surface area contributed by atoms with E-state index in [0.717, 1.165) is 17.7 Å². The first kappa shape index (κ1) is 24.3. The predicted octanol–water partition coefficient (Wildman–Crippen LogP) is 5.21. The van der Waals surface area contributed by atoms with E-state index in [1.165, 1.54) is 11.1 Å². The molecule has 0 fully saturated rings. The summed E-state index contributed by atoms with van der Waals surface area (Å²) < 4.78 is 0. The summed E-state index contributed by atoms with van der Waals surface area (Å²) >= 11 is 7.89. The maximum absolute atomic E-state index is 13.1. The standard InChI is InChI=1S/C24H31ClN2O2S/c1-5-18(3)26-24(29)19(4)27(14-20-11-8-9-13-22(20)25)23(28)16-30-15-21-12-7-6-10-17(21)2/h6-13,18-19H,5,14-16H2,1-4H3,(H,26,29)/t18-,19+/m1/s1. The third-order valence-electron chi connectivity index (χ3n) is 5.21. The Hall–Kier alpha value is -1.98. The lowest BCUT2D eigenvalue weighted by Gasteiger charge is -2.30. The maximum atomic E-state index is 13.1. The minimum Gasteiger partial charge on any atom is -0.352 e. The Morgan fingerprint density at radius 1 is 1.07 bits per heavy atom. The highest BCUT2D eigenvalue weighted by Crippen LogP contribution is 2.21. The number of thioether (sulfide) groups is 1. The highest BCUT2D eigenvalue weighted by Gasteiger charge is 2.27. The third-order valence-corrected chi connectivity index (χ3v) is 6.55. The summed E-state index contributed by atoms with van der Waals surface area (Å²) in [6.45, 7) is 8.13. The van der Waals surface area contributed by atoms with E-state index < -0.39 is 6.04 Å². The molecule has 0 unspecified atom stereocenters. The summed E-state index contributed by atoms with van der Waals surface area (Å²) in [7, 11) is 0. The van der Waals surface area contributed by atoms with Gasteiger partial charge in [0.15, 0.2) is 0 Å². The number of nitrogens with one attached hydrogen (secondary N) is 1. The molecule has 30 heavy (non-hydrogen) atoms. The van der Waals surface area contributed by atoms with Gasteiger partial charge in [0.05, 0.1) is 5.75 Å². The molecule has 2 atom stereocenters. The molecule has 6 heteroatoms. The summed E-state index contributed by atoms with van der Waals surface area (Å²) in [6.07, 6.45) is 0.837. The molecule has 0 saturated heterocycles. The van der Waals surface area contributed by atoms with Gasteiger partial charge in [-0.2, -0.15) is 0 Å². The molecule has 0 heterocycles. The van der Waals surface area contributed by atoms with E-state index in [-0.39, 0.29) is 17.9 Å². The van der Waals surface area contributed by atoms with Gasteiger partial charge in [-0.1, -0.05) is 61.0 Å². The van der Waals surface area contributed by atoms with Crippen LogP contribution in [0.3, 0.4) is 0 Å². The molecule has 2 aromatic carbocycles. The second-order valence-electron chi connectivity index (χ2n) is 7.53. The molecule has 0 bridgehead atoms. The Morgan fingerprint density at radius 2 is 1.70 bits per heavy atom. The molecular formula is C24H31ClN2O2S. The van der Waals surface area contributed by atoms with Crippen molar-refractivity contribution in [3.63, 3.8) is 0 Å². The van der Waals surface area contributed by atoms with Crippen molar-refractivity contribution in [2.75, 3.05) is 5.75 Å². The predicted molar refractivity (Wildman–Crippen MR) is 127 cm³/mol. The van der Waals surface area contributed by atoms with Crippen LogP contribution < -0.4 is 5.32 Å². The molecule has 0 aromatic heterocycles. The number of hydrogen-bond acceptors (Lipinski definition) is 3. The zero-order valence-corrected chi connectivity index (χ0v) is 19.7. The van der Waals surface area contributed by atoms with Gasteiger partial charge in [0.25, 0.3) is 0 Å². The lowest BCUT2D eigenvalue weighted by atomic mass is 10.1. The highest BCUT2D eigenvalue weighted by atomic mass is 35.5. The number of halogens is 1. The number of carbonyl (C=O) groups is 2. The smallest absolute Gasteiger partial charge is 0.242 e. The van der Waals surface area contributed by atoms with E-state index >= 15 is 0 Å². The summed E-state index contributed by atoms with van der Waals surface area (Å²) in [5.41, 5.74) is 3.27. The molecule has 4 nitrogen and oxygen atoms in total. The number of aryl methyl sites for hydroxylation is 1. The average molecular weight is 447 g/mol. The molecule has 0 aliphatic rings. The molecule has 0 aliphatic heterocycles. The van der Waals surface area contributed by atoms with Crippen LogP contribution in [0.15, 0.2) is 48.5 Å². The minimum atomic E-state index is -0.582. The van der Waals surface area contributed by atoms with E-state index in [4.69, 9.17) is 11.6 Å². The minimum absolute atomic E-state index is 0.0626. The van der Waals surface area contributed by atoms with Crippen molar-refractivity contribution in [3.8, 4) is 0 Å². The summed E-state index contributed by atoms with van der Waals surface area (Å²) in [5, 5.41) is 3.58. The molecular weight excluding hydrogens is 416 g/mol. The summed E-state index contributed by atoms with van der Waals surface area (Å²) in [5.74, 6) is 0.847. The Balaban J connectivity index is 2.10. The molecule has 2 rings (SSSR count). The molecule has 162 valence electrons. The van der Waals surface area contributed by atoms with Crippen molar-refractivity contribution in [1.82, 2.24) is 10.2 Å². The second-order valence-corrected chi connectivity index (χ2v) is 8.92. The number of benzene rings is 2. The fraction of sp³-hybridized carbons (Fsp3) is 0.417. The van der Waals surface area contributed by atoms with Crippen molar-refractivity contribution < 1.29 is 9.59 Å². The number of rotatable bonds is 10. The summed E-state index contributed by atoms with van der Waals surface area (Å²) in [4.78, 5) is 27.5. The number of amides is 2. The third kappa shape index (κ3) is 7.06. The monoisotopic (exact) mass is 446 g/mol. The van der Waals surface area contributed by atoms with Crippen molar-refractivity contribution in [2.45, 2.75) is 58.5 Å². The van der Waals surface area contributed by atoms with Crippen LogP contribution in [0, 0.1) is 6.92 Å². The molecule has 2 amide bonds. The maximum Gasteiger partial charge on any atom is 0.242 e. The van der Waals surface area contributed by atoms with E-state index in [1.807, 2.05) is 44.2 Å². The van der Waals surface area contributed by atoms with Crippen LogP contribution in [-0.4, -0.2) is 34.6 Å². The van der Waals surface area contributed by atoms with Crippen LogP contribution in [0.5, 0.6) is 0 Å². The van der Waals surface area contributed by atoms with E-state index in [1.54, 1.807) is 29.7 Å². The normalized spacial score (nSPS) is 12.8. The van der Waals surface area contributed by atoms with Crippen LogP contribution >= 0.6 is 23.4 Å². The molecule has 1 N–H and O–H groups in total. The Morgan fingerprint density at radius 3 is 2.33 bits per heavy atom. The van der Waals surface area contributed by atoms with Gasteiger partial charge in [-0.05, 0) is 49.9 Å². The van der Waals surface area contributed by atoms with Crippen molar-refractivity contribution in [2.24, 2.45) is 0 Å². The van der Waals surface area contributed by atoms with Gasteiger partial charge in [0.1, 0.15) is 6.04 Å². The lowest BCUT2D eigenvalue weighted by molar-refractivity contribution is -0.138. The van der Waals surface area contributed by atoms with Crippen molar-refractivity contribution in [1.29, 1.82) is 0 Å². The van der Waals surface area contributed by atoms with Gasteiger partial charge in [-0.15, -0.1) is 11.8 Å². The zero-order valence-electron chi connectivity index (χ0n) is 18.2. The summed E-state index contributed by atoms with van der Waals surface area (Å²) in [6, 6.07) is 15.1. The fourth-order valence-electron chi connectivity index (χ4n) is 2.96. The van der Waals surface area contributed by atoms with Crippen LogP contribution in [0.1, 0.15) is 43.9 Å². The number of nitrogens with zero attached hydrogens (tertiary/aromatic N) is 1. The first-order valence-electron chi connectivity index (χ1n) is 10.3. The Labute approximate surface area is 189 Å². The Kier molecular flexibility index (Phi) is 9.73. The number of hydrogen-bond donors (Lipinski definition) is 1. The first-order valence-corrected chi connectivity index (χ1v) is 11.8. The average Bonchev–Trinajstić information content (AvgIpc) is 2.73. The molecule has 0 radical (unpaired) electrons. The van der Waals surface area contributed by atoms with Gasteiger partial charge in [0.2, 0.25) is 11.8 Å². The topological polar surface area (TPSA) is 49.4 Å². The second kappa shape index (κ2) is 12.0. The highest BCUT2D eigenvalue weighted by molar-refractivity contribution is 7.99. The van der Waals surface area contributed by atoms with Crippen LogP contribution in [-0.2, 0) is 21.9 Å². The van der Waals surface area contributed by atoms with E-state index in [9.17, 15) is 9.59 Å². The van der Waals surface area contributed by atoms with Crippen molar-refractivity contribution >= 4 is 35.2 Å². The van der Waals surface area contributed by atoms with Crippen LogP contribution in [0.2, 0.25) is 5.02 Å².